The Hall–Kier alpha value is -2.61. The smallest absolute Gasteiger partial charge is 0.263 e. The molecule has 25 heavy (non-hydrogen) atoms. The average Bonchev–Trinajstić information content (AvgIpc) is 2.59. The van der Waals surface area contributed by atoms with Crippen LogP contribution in [-0.4, -0.2) is 33.2 Å². The second kappa shape index (κ2) is 6.72. The van der Waals surface area contributed by atoms with Gasteiger partial charge in [0.25, 0.3) is 5.91 Å². The van der Waals surface area contributed by atoms with Crippen LogP contribution in [0.3, 0.4) is 0 Å². The zero-order chi connectivity index (χ0) is 18.0. The number of anilines is 1. The van der Waals surface area contributed by atoms with Gasteiger partial charge in [0.05, 0.1) is 18.5 Å². The SMILES string of the molecule is CS(=O)(=O)N1CC(C(=O)NCc2ccc(F)cc2)Oc2ccccc21. The summed E-state index contributed by atoms with van der Waals surface area (Å²) in [7, 11) is -3.55. The van der Waals surface area contributed by atoms with Crippen LogP contribution in [0.4, 0.5) is 10.1 Å². The number of ether oxygens (including phenoxy) is 1. The lowest BCUT2D eigenvalue weighted by atomic mass is 10.2. The van der Waals surface area contributed by atoms with Gasteiger partial charge < -0.3 is 10.1 Å². The molecule has 0 bridgehead atoms. The van der Waals surface area contributed by atoms with Crippen LogP contribution in [0.25, 0.3) is 0 Å². The molecule has 0 saturated carbocycles. The molecule has 2 aromatic carbocycles. The van der Waals surface area contributed by atoms with Crippen molar-refractivity contribution in [3.8, 4) is 5.75 Å². The first-order valence-corrected chi connectivity index (χ1v) is 9.45. The lowest BCUT2D eigenvalue weighted by Gasteiger charge is -2.33. The van der Waals surface area contributed by atoms with Gasteiger partial charge in [-0.1, -0.05) is 24.3 Å². The summed E-state index contributed by atoms with van der Waals surface area (Å²) in [6.45, 7) is 0.0879. The fraction of sp³-hybridized carbons (Fsp3) is 0.235. The quantitative estimate of drug-likeness (QED) is 0.895. The molecule has 0 aromatic heterocycles. The number of hydrogen-bond acceptors (Lipinski definition) is 4. The minimum atomic E-state index is -3.55. The Morgan fingerprint density at radius 1 is 1.24 bits per heavy atom. The number of nitrogens with zero attached hydrogens (tertiary/aromatic N) is 1. The molecular formula is C17H17FN2O4S. The molecule has 1 aliphatic heterocycles. The van der Waals surface area contributed by atoms with E-state index in [9.17, 15) is 17.6 Å². The van der Waals surface area contributed by atoms with Gasteiger partial charge in [-0.3, -0.25) is 9.10 Å². The highest BCUT2D eigenvalue weighted by Crippen LogP contribution is 2.34. The highest BCUT2D eigenvalue weighted by Gasteiger charge is 2.34. The number of para-hydroxylation sites is 2. The number of hydrogen-bond donors (Lipinski definition) is 1. The van der Waals surface area contributed by atoms with Crippen LogP contribution in [0, 0.1) is 5.82 Å². The molecular weight excluding hydrogens is 347 g/mol. The number of halogens is 1. The summed E-state index contributed by atoms with van der Waals surface area (Å²) in [5.41, 5.74) is 1.14. The zero-order valence-corrected chi connectivity index (χ0v) is 14.3. The van der Waals surface area contributed by atoms with Gasteiger partial charge in [-0.25, -0.2) is 12.8 Å². The fourth-order valence-electron chi connectivity index (χ4n) is 2.56. The monoisotopic (exact) mass is 364 g/mol. The standard InChI is InChI=1S/C17H17FN2O4S/c1-25(22,23)20-11-16(24-15-5-3-2-4-14(15)20)17(21)19-10-12-6-8-13(18)9-7-12/h2-9,16H,10-11H2,1H3,(H,19,21). The molecule has 132 valence electrons. The van der Waals surface area contributed by atoms with Gasteiger partial charge >= 0.3 is 0 Å². The zero-order valence-electron chi connectivity index (χ0n) is 13.5. The van der Waals surface area contributed by atoms with Crippen molar-refractivity contribution in [2.24, 2.45) is 0 Å². The second-order valence-corrected chi connectivity index (χ2v) is 7.62. The Morgan fingerprint density at radius 2 is 1.92 bits per heavy atom. The van der Waals surface area contributed by atoms with Crippen molar-refractivity contribution >= 4 is 21.6 Å². The van der Waals surface area contributed by atoms with Crippen molar-refractivity contribution in [2.75, 3.05) is 17.1 Å². The van der Waals surface area contributed by atoms with Crippen molar-refractivity contribution in [3.05, 3.63) is 59.9 Å². The highest BCUT2D eigenvalue weighted by molar-refractivity contribution is 7.92. The molecule has 3 rings (SSSR count). The van der Waals surface area contributed by atoms with E-state index in [2.05, 4.69) is 5.32 Å². The van der Waals surface area contributed by atoms with Gasteiger partial charge in [-0.15, -0.1) is 0 Å². The molecule has 2 aromatic rings. The lowest BCUT2D eigenvalue weighted by Crippen LogP contribution is -2.50. The van der Waals surface area contributed by atoms with Crippen molar-refractivity contribution in [1.82, 2.24) is 5.32 Å². The van der Waals surface area contributed by atoms with Crippen LogP contribution >= 0.6 is 0 Å². The highest BCUT2D eigenvalue weighted by atomic mass is 32.2. The van der Waals surface area contributed by atoms with Gasteiger partial charge in [0.15, 0.2) is 6.10 Å². The summed E-state index contributed by atoms with van der Waals surface area (Å²) >= 11 is 0. The molecule has 0 aliphatic carbocycles. The molecule has 1 atom stereocenters. The van der Waals surface area contributed by atoms with E-state index in [4.69, 9.17) is 4.74 Å². The summed E-state index contributed by atoms with van der Waals surface area (Å²) < 4.78 is 43.8. The summed E-state index contributed by atoms with van der Waals surface area (Å²) in [5, 5.41) is 2.68. The minimum absolute atomic E-state index is 0.106. The molecule has 6 nitrogen and oxygen atoms in total. The predicted molar refractivity (Wildman–Crippen MR) is 91.3 cm³/mol. The van der Waals surface area contributed by atoms with E-state index in [0.717, 1.165) is 16.1 Å². The van der Waals surface area contributed by atoms with Gasteiger partial charge in [0.1, 0.15) is 11.6 Å². The van der Waals surface area contributed by atoms with Crippen LogP contribution in [-0.2, 0) is 21.4 Å². The van der Waals surface area contributed by atoms with Gasteiger partial charge in [-0.2, -0.15) is 0 Å². The number of carbonyl (C=O) groups is 1. The number of carbonyl (C=O) groups excluding carboxylic acids is 1. The third-order valence-electron chi connectivity index (χ3n) is 3.81. The fourth-order valence-corrected chi connectivity index (χ4v) is 3.47. The van der Waals surface area contributed by atoms with E-state index in [0.29, 0.717) is 11.4 Å². The maximum atomic E-state index is 12.9. The topological polar surface area (TPSA) is 75.7 Å². The normalized spacial score (nSPS) is 16.7. The van der Waals surface area contributed by atoms with E-state index in [1.165, 1.54) is 12.1 Å². The Bertz CT molecular complexity index is 884. The van der Waals surface area contributed by atoms with E-state index >= 15 is 0 Å². The molecule has 1 unspecified atom stereocenters. The van der Waals surface area contributed by atoms with Crippen molar-refractivity contribution < 1.29 is 22.3 Å². The molecule has 1 heterocycles. The van der Waals surface area contributed by atoms with Crippen molar-refractivity contribution in [3.63, 3.8) is 0 Å². The summed E-state index contributed by atoms with van der Waals surface area (Å²) in [6.07, 6.45) is 0.118. The van der Waals surface area contributed by atoms with Gasteiger partial charge in [-0.05, 0) is 29.8 Å². The van der Waals surface area contributed by atoms with Crippen LogP contribution in [0.2, 0.25) is 0 Å². The summed E-state index contributed by atoms with van der Waals surface area (Å²) in [4.78, 5) is 12.4. The Labute approximate surface area is 145 Å². The van der Waals surface area contributed by atoms with Crippen LogP contribution in [0.5, 0.6) is 5.75 Å². The number of sulfonamides is 1. The number of fused-ring (bicyclic) bond motifs is 1. The first-order valence-electron chi connectivity index (χ1n) is 7.60. The third-order valence-corrected chi connectivity index (χ3v) is 4.95. The number of benzene rings is 2. The first kappa shape index (κ1) is 17.2. The maximum Gasteiger partial charge on any atom is 0.263 e. The average molecular weight is 364 g/mol. The Morgan fingerprint density at radius 3 is 2.60 bits per heavy atom. The van der Waals surface area contributed by atoms with Gasteiger partial charge in [0.2, 0.25) is 10.0 Å². The molecule has 0 spiro atoms. The third kappa shape index (κ3) is 3.90. The lowest BCUT2D eigenvalue weighted by molar-refractivity contribution is -0.127. The molecule has 8 heteroatoms. The van der Waals surface area contributed by atoms with E-state index in [1.54, 1.807) is 36.4 Å². The van der Waals surface area contributed by atoms with Crippen LogP contribution in [0.15, 0.2) is 48.5 Å². The molecule has 1 amide bonds. The Balaban J connectivity index is 1.74. The number of rotatable bonds is 4. The summed E-state index contributed by atoms with van der Waals surface area (Å²) in [5.74, 6) is -0.459. The molecule has 0 fully saturated rings. The molecule has 1 N–H and O–H groups in total. The maximum absolute atomic E-state index is 12.9. The second-order valence-electron chi connectivity index (χ2n) is 5.71. The predicted octanol–water partition coefficient (Wildman–Crippen LogP) is 1.67. The summed E-state index contributed by atoms with van der Waals surface area (Å²) in [6, 6.07) is 12.4. The molecule has 0 saturated heterocycles. The first-order chi connectivity index (χ1) is 11.8. The van der Waals surface area contributed by atoms with E-state index in [-0.39, 0.29) is 18.9 Å². The number of nitrogens with one attached hydrogen (secondary N) is 1. The van der Waals surface area contributed by atoms with E-state index in [1.807, 2.05) is 0 Å². The van der Waals surface area contributed by atoms with Crippen LogP contribution in [0.1, 0.15) is 5.56 Å². The Kier molecular flexibility index (Phi) is 4.63. The minimum Gasteiger partial charge on any atom is -0.476 e. The van der Waals surface area contributed by atoms with Gasteiger partial charge in [0, 0.05) is 6.54 Å². The number of amides is 1. The van der Waals surface area contributed by atoms with E-state index < -0.39 is 22.0 Å². The van der Waals surface area contributed by atoms with Crippen molar-refractivity contribution in [2.45, 2.75) is 12.6 Å². The van der Waals surface area contributed by atoms with Crippen LogP contribution < -0.4 is 14.4 Å². The largest absolute Gasteiger partial charge is 0.476 e. The van der Waals surface area contributed by atoms with Crippen molar-refractivity contribution in [1.29, 1.82) is 0 Å². The molecule has 0 radical (unpaired) electrons. The molecule has 1 aliphatic rings.